The number of aromatic nitrogens is 1. The Kier molecular flexibility index (Phi) is 2.86. The highest BCUT2D eigenvalue weighted by Crippen LogP contribution is 2.10. The van der Waals surface area contributed by atoms with Crippen LogP contribution in [0.15, 0.2) is 12.3 Å². The summed E-state index contributed by atoms with van der Waals surface area (Å²) in [4.78, 5) is 3.46. The SMILES string of the molecule is [B]c1cc(Cl)cnc1OC(F)F. The summed E-state index contributed by atoms with van der Waals surface area (Å²) in [5.74, 6) is -0.311. The van der Waals surface area contributed by atoms with E-state index in [0.717, 1.165) is 0 Å². The van der Waals surface area contributed by atoms with Gasteiger partial charge in [-0.05, 0) is 11.5 Å². The molecule has 1 rings (SSSR count). The number of pyridine rings is 1. The predicted octanol–water partition coefficient (Wildman–Crippen LogP) is 1.13. The van der Waals surface area contributed by atoms with Crippen LogP contribution < -0.4 is 10.2 Å². The van der Waals surface area contributed by atoms with Crippen molar-refractivity contribution in [2.75, 3.05) is 0 Å². The van der Waals surface area contributed by atoms with Crippen LogP contribution >= 0.6 is 11.6 Å². The fourth-order valence-corrected chi connectivity index (χ4v) is 0.792. The van der Waals surface area contributed by atoms with Crippen LogP contribution in [0.3, 0.4) is 0 Å². The van der Waals surface area contributed by atoms with Crippen LogP contribution in [-0.4, -0.2) is 19.4 Å². The summed E-state index contributed by atoms with van der Waals surface area (Å²) in [6, 6.07) is 1.28. The largest absolute Gasteiger partial charge is 0.418 e. The zero-order valence-corrected chi connectivity index (χ0v) is 6.55. The second kappa shape index (κ2) is 3.71. The summed E-state index contributed by atoms with van der Waals surface area (Å²) in [5, 5.41) is 0.272. The molecule has 0 saturated heterocycles. The topological polar surface area (TPSA) is 22.1 Å². The fourth-order valence-electron chi connectivity index (χ4n) is 0.625. The first-order valence-electron chi connectivity index (χ1n) is 2.95. The molecule has 0 aromatic carbocycles. The molecule has 1 aromatic rings. The molecule has 0 aliphatic rings. The lowest BCUT2D eigenvalue weighted by atomic mass is 9.98. The van der Waals surface area contributed by atoms with Crippen LogP contribution in [0.4, 0.5) is 8.78 Å². The molecule has 1 heterocycles. The van der Waals surface area contributed by atoms with Gasteiger partial charge in [-0.15, -0.1) is 0 Å². The van der Waals surface area contributed by atoms with Crippen molar-refractivity contribution >= 4 is 24.9 Å². The van der Waals surface area contributed by atoms with E-state index in [1.165, 1.54) is 12.3 Å². The van der Waals surface area contributed by atoms with Gasteiger partial charge in [0, 0.05) is 6.20 Å². The summed E-state index contributed by atoms with van der Waals surface area (Å²) in [7, 11) is 5.26. The predicted molar refractivity (Wildman–Crippen MR) is 41.3 cm³/mol. The van der Waals surface area contributed by atoms with Gasteiger partial charge < -0.3 is 4.74 Å². The molecule has 0 aliphatic heterocycles. The van der Waals surface area contributed by atoms with Crippen molar-refractivity contribution in [2.24, 2.45) is 0 Å². The zero-order chi connectivity index (χ0) is 9.14. The third-order valence-corrected chi connectivity index (χ3v) is 1.25. The molecule has 0 N–H and O–H groups in total. The van der Waals surface area contributed by atoms with Crippen molar-refractivity contribution < 1.29 is 13.5 Å². The van der Waals surface area contributed by atoms with Crippen LogP contribution in [0, 0.1) is 0 Å². The molecule has 0 aliphatic carbocycles. The number of halogens is 3. The number of rotatable bonds is 2. The molecular formula is C6H3BClF2NO. The van der Waals surface area contributed by atoms with Gasteiger partial charge >= 0.3 is 6.61 Å². The monoisotopic (exact) mass is 189 g/mol. The third kappa shape index (κ3) is 2.34. The van der Waals surface area contributed by atoms with Gasteiger partial charge in [0.15, 0.2) is 0 Å². The molecular weight excluding hydrogens is 186 g/mol. The Labute approximate surface area is 73.9 Å². The normalized spacial score (nSPS) is 10.3. The second-order valence-corrected chi connectivity index (χ2v) is 2.36. The molecule has 1 aromatic heterocycles. The Balaban J connectivity index is 2.86. The van der Waals surface area contributed by atoms with Gasteiger partial charge in [0.1, 0.15) is 7.85 Å². The Morgan fingerprint density at radius 3 is 2.75 bits per heavy atom. The maximum atomic E-state index is 11.7. The molecule has 2 radical (unpaired) electrons. The van der Waals surface area contributed by atoms with Crippen molar-refractivity contribution in [1.82, 2.24) is 4.98 Å². The standard InChI is InChI=1S/C6H3BClF2NO/c7-4-1-3(8)2-11-5(4)12-6(9)10/h1-2,6H. The first-order chi connectivity index (χ1) is 5.59. The minimum atomic E-state index is -2.93. The Hall–Kier alpha value is -0.835. The molecule has 0 amide bonds. The fraction of sp³-hybridized carbons (Fsp3) is 0.167. The van der Waals surface area contributed by atoms with Crippen LogP contribution in [0.5, 0.6) is 5.88 Å². The number of ether oxygens (including phenoxy) is 1. The summed E-state index contributed by atoms with van der Waals surface area (Å²) in [5.41, 5.74) is -0.0113. The van der Waals surface area contributed by atoms with Crippen LogP contribution in [0.2, 0.25) is 5.02 Å². The lowest BCUT2D eigenvalue weighted by Gasteiger charge is -2.05. The summed E-state index contributed by atoms with van der Waals surface area (Å²) >= 11 is 5.47. The van der Waals surface area contributed by atoms with Gasteiger partial charge in [0.2, 0.25) is 5.88 Å². The summed E-state index contributed by atoms with van der Waals surface area (Å²) in [6.07, 6.45) is 1.18. The number of hydrogen-bond donors (Lipinski definition) is 0. The first-order valence-corrected chi connectivity index (χ1v) is 3.33. The average molecular weight is 189 g/mol. The molecule has 0 atom stereocenters. The zero-order valence-electron chi connectivity index (χ0n) is 5.80. The van der Waals surface area contributed by atoms with E-state index in [-0.39, 0.29) is 16.4 Å². The third-order valence-electron chi connectivity index (χ3n) is 1.05. The van der Waals surface area contributed by atoms with Gasteiger partial charge in [-0.2, -0.15) is 8.78 Å². The van der Waals surface area contributed by atoms with E-state index in [4.69, 9.17) is 19.4 Å². The molecule has 6 heteroatoms. The number of nitrogens with zero attached hydrogens (tertiary/aromatic N) is 1. The Morgan fingerprint density at radius 1 is 1.58 bits per heavy atom. The number of alkyl halides is 2. The smallest absolute Gasteiger partial charge is 0.388 e. The van der Waals surface area contributed by atoms with Crippen molar-refractivity contribution in [3.05, 3.63) is 17.3 Å². The van der Waals surface area contributed by atoms with Crippen molar-refractivity contribution in [3.63, 3.8) is 0 Å². The van der Waals surface area contributed by atoms with Crippen molar-refractivity contribution in [1.29, 1.82) is 0 Å². The van der Waals surface area contributed by atoms with Gasteiger partial charge in [-0.3, -0.25) is 0 Å². The van der Waals surface area contributed by atoms with E-state index in [2.05, 4.69) is 9.72 Å². The van der Waals surface area contributed by atoms with Crippen LogP contribution in [0.25, 0.3) is 0 Å². The van der Waals surface area contributed by atoms with E-state index in [1.54, 1.807) is 0 Å². The van der Waals surface area contributed by atoms with E-state index < -0.39 is 6.61 Å². The van der Waals surface area contributed by atoms with Gasteiger partial charge in [0.25, 0.3) is 0 Å². The Morgan fingerprint density at radius 2 is 2.25 bits per heavy atom. The molecule has 12 heavy (non-hydrogen) atoms. The molecule has 2 nitrogen and oxygen atoms in total. The summed E-state index contributed by atoms with van der Waals surface area (Å²) in [6.45, 7) is -2.93. The van der Waals surface area contributed by atoms with E-state index in [9.17, 15) is 8.78 Å². The molecule has 62 valence electrons. The minimum absolute atomic E-state index is 0.0113. The maximum absolute atomic E-state index is 11.7. The van der Waals surface area contributed by atoms with E-state index in [0.29, 0.717) is 0 Å². The summed E-state index contributed by atoms with van der Waals surface area (Å²) < 4.78 is 27.3. The lowest BCUT2D eigenvalue weighted by Crippen LogP contribution is -2.14. The van der Waals surface area contributed by atoms with E-state index in [1.807, 2.05) is 0 Å². The minimum Gasteiger partial charge on any atom is -0.418 e. The molecule has 0 bridgehead atoms. The van der Waals surface area contributed by atoms with Crippen molar-refractivity contribution in [3.8, 4) is 5.88 Å². The first kappa shape index (κ1) is 9.25. The van der Waals surface area contributed by atoms with E-state index >= 15 is 0 Å². The highest BCUT2D eigenvalue weighted by atomic mass is 35.5. The molecule has 0 unspecified atom stereocenters. The molecule has 0 saturated carbocycles. The number of hydrogen-bond acceptors (Lipinski definition) is 2. The van der Waals surface area contributed by atoms with Crippen LogP contribution in [-0.2, 0) is 0 Å². The second-order valence-electron chi connectivity index (χ2n) is 1.93. The molecule has 0 fully saturated rings. The lowest BCUT2D eigenvalue weighted by molar-refractivity contribution is -0.0520. The highest BCUT2D eigenvalue weighted by molar-refractivity contribution is 6.37. The van der Waals surface area contributed by atoms with Gasteiger partial charge in [0.05, 0.1) is 5.02 Å². The maximum Gasteiger partial charge on any atom is 0.388 e. The quantitative estimate of drug-likeness (QED) is 0.651. The van der Waals surface area contributed by atoms with Crippen LogP contribution in [0.1, 0.15) is 0 Å². The highest BCUT2D eigenvalue weighted by Gasteiger charge is 2.07. The van der Waals surface area contributed by atoms with Crippen molar-refractivity contribution in [2.45, 2.75) is 6.61 Å². The Bertz CT molecular complexity index is 284. The van der Waals surface area contributed by atoms with Gasteiger partial charge in [-0.1, -0.05) is 11.6 Å². The molecule has 0 spiro atoms. The van der Waals surface area contributed by atoms with Gasteiger partial charge in [-0.25, -0.2) is 4.98 Å². The average Bonchev–Trinajstić information content (AvgIpc) is 1.94.